The fourth-order valence-corrected chi connectivity index (χ4v) is 1.54. The molecule has 0 unspecified atom stereocenters. The first-order chi connectivity index (χ1) is 6.07. The van der Waals surface area contributed by atoms with Crippen LogP contribution in [0.25, 0.3) is 0 Å². The van der Waals surface area contributed by atoms with E-state index >= 15 is 0 Å². The predicted octanol–water partition coefficient (Wildman–Crippen LogP) is 2.41. The van der Waals surface area contributed by atoms with Crippen LogP contribution in [0.1, 0.15) is 27.2 Å². The molecular formula is C10H15N3. The maximum atomic E-state index is 4.59. The number of aliphatic imine (C=N–C) groups is 1. The first-order valence-corrected chi connectivity index (χ1v) is 4.65. The number of rotatable bonds is 0. The van der Waals surface area contributed by atoms with Crippen molar-refractivity contribution in [2.75, 3.05) is 0 Å². The normalized spacial score (nSPS) is 16.7. The van der Waals surface area contributed by atoms with Crippen molar-refractivity contribution in [3.05, 3.63) is 12.5 Å². The molecule has 3 heteroatoms. The summed E-state index contributed by atoms with van der Waals surface area (Å²) in [6.07, 6.45) is 4.72. The van der Waals surface area contributed by atoms with Gasteiger partial charge in [0.25, 0.3) is 0 Å². The summed E-state index contributed by atoms with van der Waals surface area (Å²) in [5, 5.41) is 0. The molecule has 0 aliphatic carbocycles. The second kappa shape index (κ2) is 2.69. The molecule has 0 saturated carbocycles. The van der Waals surface area contributed by atoms with Gasteiger partial charge < -0.3 is 4.57 Å². The van der Waals surface area contributed by atoms with Crippen molar-refractivity contribution in [3.63, 3.8) is 0 Å². The number of nitrogens with zero attached hydrogens (tertiary/aromatic N) is 3. The van der Waals surface area contributed by atoms with E-state index in [9.17, 15) is 0 Å². The van der Waals surface area contributed by atoms with Gasteiger partial charge in [-0.25, -0.2) is 9.98 Å². The minimum Gasteiger partial charge on any atom is -0.315 e. The highest BCUT2D eigenvalue weighted by atomic mass is 15.1. The second-order valence-electron chi connectivity index (χ2n) is 4.50. The Morgan fingerprint density at radius 3 is 2.85 bits per heavy atom. The summed E-state index contributed by atoms with van der Waals surface area (Å²) in [7, 11) is 0. The second-order valence-corrected chi connectivity index (χ2v) is 4.50. The van der Waals surface area contributed by atoms with Gasteiger partial charge in [0.05, 0.1) is 12.5 Å². The highest BCUT2D eigenvalue weighted by Gasteiger charge is 2.22. The van der Waals surface area contributed by atoms with Gasteiger partial charge >= 0.3 is 0 Å². The average molecular weight is 177 g/mol. The van der Waals surface area contributed by atoms with Gasteiger partial charge in [0.15, 0.2) is 5.82 Å². The van der Waals surface area contributed by atoms with Crippen molar-refractivity contribution < 1.29 is 0 Å². The fraction of sp³-hybridized carbons (Fsp3) is 0.600. The van der Waals surface area contributed by atoms with E-state index in [1.165, 1.54) is 5.71 Å². The monoisotopic (exact) mass is 177 g/mol. The zero-order valence-corrected chi connectivity index (χ0v) is 8.41. The molecular weight excluding hydrogens is 162 g/mol. The van der Waals surface area contributed by atoms with Crippen LogP contribution >= 0.6 is 0 Å². The Hall–Kier alpha value is -1.12. The molecule has 0 fully saturated rings. The maximum absolute atomic E-state index is 4.59. The minimum atomic E-state index is 0.190. The first-order valence-electron chi connectivity index (χ1n) is 4.65. The Morgan fingerprint density at radius 2 is 2.15 bits per heavy atom. The summed E-state index contributed by atoms with van der Waals surface area (Å²) >= 11 is 0. The molecule has 2 rings (SSSR count). The van der Waals surface area contributed by atoms with Gasteiger partial charge in [-0.1, -0.05) is 20.8 Å². The van der Waals surface area contributed by atoms with Crippen LogP contribution in [0.3, 0.4) is 0 Å². The Balaban J connectivity index is 2.38. The molecule has 13 heavy (non-hydrogen) atoms. The van der Waals surface area contributed by atoms with Crippen LogP contribution in [0.15, 0.2) is 17.5 Å². The van der Waals surface area contributed by atoms with Gasteiger partial charge in [0.1, 0.15) is 0 Å². The van der Waals surface area contributed by atoms with Crippen LogP contribution in [0.5, 0.6) is 0 Å². The van der Waals surface area contributed by atoms with Gasteiger partial charge in [-0.05, 0) is 0 Å². The molecule has 2 heterocycles. The number of imidazole rings is 1. The Bertz CT molecular complexity index is 341. The lowest BCUT2D eigenvalue weighted by atomic mass is 9.87. The van der Waals surface area contributed by atoms with Gasteiger partial charge in [-0.15, -0.1) is 0 Å². The third-order valence-corrected chi connectivity index (χ3v) is 2.40. The van der Waals surface area contributed by atoms with Crippen LogP contribution in [0.4, 0.5) is 5.82 Å². The van der Waals surface area contributed by atoms with E-state index < -0.39 is 0 Å². The molecule has 0 spiro atoms. The molecule has 0 N–H and O–H groups in total. The van der Waals surface area contributed by atoms with Crippen molar-refractivity contribution in [3.8, 4) is 0 Å². The lowest BCUT2D eigenvalue weighted by molar-refractivity contribution is 0.555. The number of aryl methyl sites for hydroxylation is 1. The number of fused-ring (bicyclic) bond motifs is 1. The van der Waals surface area contributed by atoms with E-state index in [0.29, 0.717) is 0 Å². The molecule has 70 valence electrons. The van der Waals surface area contributed by atoms with Crippen molar-refractivity contribution in [2.24, 2.45) is 10.4 Å². The highest BCUT2D eigenvalue weighted by Crippen LogP contribution is 2.26. The van der Waals surface area contributed by atoms with E-state index in [4.69, 9.17) is 0 Å². The molecule has 1 aliphatic rings. The molecule has 0 atom stereocenters. The van der Waals surface area contributed by atoms with Crippen molar-refractivity contribution in [1.82, 2.24) is 9.55 Å². The molecule has 1 aromatic rings. The van der Waals surface area contributed by atoms with Crippen molar-refractivity contribution >= 4 is 11.5 Å². The molecule has 0 aromatic carbocycles. The molecule has 0 radical (unpaired) electrons. The zero-order valence-electron chi connectivity index (χ0n) is 8.41. The third kappa shape index (κ3) is 1.50. The van der Waals surface area contributed by atoms with Gasteiger partial charge in [0.2, 0.25) is 0 Å². The fourth-order valence-electron chi connectivity index (χ4n) is 1.54. The maximum Gasteiger partial charge on any atom is 0.152 e. The molecule has 0 amide bonds. The molecule has 1 aromatic heterocycles. The summed E-state index contributed by atoms with van der Waals surface area (Å²) in [5.41, 5.74) is 1.47. The van der Waals surface area contributed by atoms with Crippen LogP contribution in [-0.4, -0.2) is 15.3 Å². The van der Waals surface area contributed by atoms with E-state index in [-0.39, 0.29) is 5.41 Å². The average Bonchev–Trinajstić information content (AvgIpc) is 2.47. The van der Waals surface area contributed by atoms with Gasteiger partial charge in [0, 0.05) is 24.1 Å². The lowest BCUT2D eigenvalue weighted by Gasteiger charge is -2.25. The summed E-state index contributed by atoms with van der Waals surface area (Å²) in [6.45, 7) is 7.64. The van der Waals surface area contributed by atoms with Crippen molar-refractivity contribution in [2.45, 2.75) is 33.7 Å². The van der Waals surface area contributed by atoms with E-state index in [1.54, 1.807) is 0 Å². The number of aromatic nitrogens is 2. The summed E-state index contributed by atoms with van der Waals surface area (Å²) in [6, 6.07) is 0. The smallest absolute Gasteiger partial charge is 0.152 e. The topological polar surface area (TPSA) is 30.2 Å². The van der Waals surface area contributed by atoms with Crippen LogP contribution in [0.2, 0.25) is 0 Å². The quantitative estimate of drug-likeness (QED) is 0.598. The van der Waals surface area contributed by atoms with Gasteiger partial charge in [-0.2, -0.15) is 0 Å². The molecule has 0 bridgehead atoms. The van der Waals surface area contributed by atoms with E-state index in [2.05, 4.69) is 35.3 Å². The zero-order chi connectivity index (χ0) is 9.47. The Labute approximate surface area is 78.5 Å². The minimum absolute atomic E-state index is 0.190. The summed E-state index contributed by atoms with van der Waals surface area (Å²) < 4.78 is 2.09. The molecule has 3 nitrogen and oxygen atoms in total. The Kier molecular flexibility index (Phi) is 1.75. The number of hydrogen-bond acceptors (Lipinski definition) is 2. The summed E-state index contributed by atoms with van der Waals surface area (Å²) in [5.74, 6) is 0.996. The summed E-state index contributed by atoms with van der Waals surface area (Å²) in [4.78, 5) is 8.67. The molecule has 1 aliphatic heterocycles. The third-order valence-electron chi connectivity index (χ3n) is 2.40. The standard InChI is InChI=1S/C10H15N3/c1-10(2,3)8-4-5-13-7-11-6-9(13)12-8/h6-7H,4-5H2,1-3H3. The van der Waals surface area contributed by atoms with Crippen molar-refractivity contribution in [1.29, 1.82) is 0 Å². The van der Waals surface area contributed by atoms with E-state index in [1.807, 2.05) is 12.5 Å². The lowest BCUT2D eigenvalue weighted by Crippen LogP contribution is -2.24. The molecule has 0 saturated heterocycles. The van der Waals surface area contributed by atoms with Crippen LogP contribution in [-0.2, 0) is 6.54 Å². The first kappa shape index (κ1) is 8.48. The SMILES string of the molecule is CC(C)(C)C1=Nc2cncn2CC1. The Morgan fingerprint density at radius 1 is 1.38 bits per heavy atom. The van der Waals surface area contributed by atoms with Gasteiger partial charge in [-0.3, -0.25) is 0 Å². The van der Waals surface area contributed by atoms with Crippen LogP contribution < -0.4 is 0 Å². The largest absolute Gasteiger partial charge is 0.315 e. The predicted molar refractivity (Wildman–Crippen MR) is 53.4 cm³/mol. The highest BCUT2D eigenvalue weighted by molar-refractivity contribution is 5.91. The van der Waals surface area contributed by atoms with Crippen LogP contribution in [0, 0.1) is 5.41 Å². The number of hydrogen-bond donors (Lipinski definition) is 0. The van der Waals surface area contributed by atoms with E-state index in [0.717, 1.165) is 18.8 Å².